The van der Waals surface area contributed by atoms with Crippen LogP contribution >= 0.6 is 0 Å². The number of fused-ring (bicyclic) bond motifs is 1. The molecule has 0 bridgehead atoms. The van der Waals surface area contributed by atoms with Crippen LogP contribution in [0.4, 0.5) is 0 Å². The quantitative estimate of drug-likeness (QED) is 0.753. The summed E-state index contributed by atoms with van der Waals surface area (Å²) in [6.07, 6.45) is 8.90. The van der Waals surface area contributed by atoms with Gasteiger partial charge >= 0.3 is 0 Å². The maximum Gasteiger partial charge on any atom is 0.259 e. The van der Waals surface area contributed by atoms with E-state index >= 15 is 0 Å². The summed E-state index contributed by atoms with van der Waals surface area (Å²) in [6, 6.07) is 7.76. The molecule has 2 aliphatic rings. The third kappa shape index (κ3) is 4.40. The van der Waals surface area contributed by atoms with Crippen LogP contribution in [0.3, 0.4) is 0 Å². The summed E-state index contributed by atoms with van der Waals surface area (Å²) in [5.41, 5.74) is 0.368. The zero-order valence-electron chi connectivity index (χ0n) is 17.5. The fraction of sp³-hybridized carbons (Fsp3) is 0.375. The number of nitrogens with one attached hydrogen (secondary N) is 1. The van der Waals surface area contributed by atoms with Crippen molar-refractivity contribution in [3.8, 4) is 5.75 Å². The Morgan fingerprint density at radius 3 is 2.68 bits per heavy atom. The van der Waals surface area contributed by atoms with Crippen molar-refractivity contribution >= 4 is 11.8 Å². The average molecular weight is 421 g/mol. The smallest absolute Gasteiger partial charge is 0.259 e. The maximum absolute atomic E-state index is 13.4. The molecule has 7 nitrogen and oxygen atoms in total. The van der Waals surface area contributed by atoms with Crippen LogP contribution in [0.15, 0.2) is 54.1 Å². The predicted octanol–water partition coefficient (Wildman–Crippen LogP) is 2.91. The molecule has 1 aliphatic heterocycles. The van der Waals surface area contributed by atoms with Crippen LogP contribution in [0.1, 0.15) is 58.0 Å². The molecule has 0 unspecified atom stereocenters. The highest BCUT2D eigenvalue weighted by atomic mass is 16.5. The first-order valence-electron chi connectivity index (χ1n) is 10.7. The monoisotopic (exact) mass is 421 g/mol. The van der Waals surface area contributed by atoms with Crippen LogP contribution in [0.2, 0.25) is 0 Å². The number of ether oxygens (including phenoxy) is 1. The summed E-state index contributed by atoms with van der Waals surface area (Å²) >= 11 is 0. The molecule has 162 valence electrons. The van der Waals surface area contributed by atoms with Gasteiger partial charge in [0.05, 0.1) is 6.54 Å². The minimum atomic E-state index is -0.542. The highest BCUT2D eigenvalue weighted by molar-refractivity contribution is 5.99. The van der Waals surface area contributed by atoms with Gasteiger partial charge in [-0.15, -0.1) is 6.58 Å². The van der Waals surface area contributed by atoms with Gasteiger partial charge in [0.25, 0.3) is 11.8 Å². The number of pyridine rings is 1. The fourth-order valence-corrected chi connectivity index (χ4v) is 4.25. The minimum absolute atomic E-state index is 0.00827. The van der Waals surface area contributed by atoms with Gasteiger partial charge in [0.2, 0.25) is 5.43 Å². The lowest BCUT2D eigenvalue weighted by molar-refractivity contribution is 0.0730. The van der Waals surface area contributed by atoms with Crippen molar-refractivity contribution in [1.29, 1.82) is 0 Å². The van der Waals surface area contributed by atoms with Crippen molar-refractivity contribution in [3.63, 3.8) is 0 Å². The van der Waals surface area contributed by atoms with Crippen LogP contribution in [0.5, 0.6) is 5.75 Å². The van der Waals surface area contributed by atoms with Crippen molar-refractivity contribution in [2.24, 2.45) is 0 Å². The van der Waals surface area contributed by atoms with E-state index in [-0.39, 0.29) is 29.6 Å². The number of amides is 2. The Balaban J connectivity index is 1.71. The molecule has 0 saturated heterocycles. The normalized spacial score (nSPS) is 16.2. The summed E-state index contributed by atoms with van der Waals surface area (Å²) in [5, 5.41) is 2.66. The Hall–Kier alpha value is -3.35. The number of carbonyl (C=O) groups is 2. The number of carbonyl (C=O) groups excluding carboxylic acids is 2. The van der Waals surface area contributed by atoms with Crippen molar-refractivity contribution in [2.75, 3.05) is 19.7 Å². The predicted molar refractivity (Wildman–Crippen MR) is 117 cm³/mol. The van der Waals surface area contributed by atoms with Crippen LogP contribution < -0.4 is 15.5 Å². The standard InChI is InChI=1S/C24H27N3O4/c1-2-11-25-23(29)19-15-27(18-8-4-5-9-18)16-20(22(19)28)24(30)26-12-13-31-21-10-6-3-7-17(21)14-26/h2-3,6-7,10,15-16,18H,1,4-5,8-9,11-14H2,(H,25,29). The van der Waals surface area contributed by atoms with Gasteiger partial charge in [-0.1, -0.05) is 37.1 Å². The summed E-state index contributed by atoms with van der Waals surface area (Å²) < 4.78 is 7.64. The van der Waals surface area contributed by atoms with Crippen LogP contribution in [0.25, 0.3) is 0 Å². The van der Waals surface area contributed by atoms with Gasteiger partial charge in [0.1, 0.15) is 23.5 Å². The molecule has 1 aromatic carbocycles. The molecule has 0 atom stereocenters. The number of para-hydroxylation sites is 1. The number of nitrogens with zero attached hydrogens (tertiary/aromatic N) is 2. The Kier molecular flexibility index (Phi) is 6.21. The van der Waals surface area contributed by atoms with Gasteiger partial charge < -0.3 is 19.5 Å². The topological polar surface area (TPSA) is 80.6 Å². The lowest BCUT2D eigenvalue weighted by Crippen LogP contribution is -2.38. The summed E-state index contributed by atoms with van der Waals surface area (Å²) in [5.74, 6) is -0.120. The van der Waals surface area contributed by atoms with Crippen molar-refractivity contribution in [2.45, 2.75) is 38.3 Å². The van der Waals surface area contributed by atoms with E-state index in [4.69, 9.17) is 4.74 Å². The summed E-state index contributed by atoms with van der Waals surface area (Å²) in [7, 11) is 0. The number of rotatable bonds is 5. The van der Waals surface area contributed by atoms with Gasteiger partial charge in [0.15, 0.2) is 0 Å². The van der Waals surface area contributed by atoms with Crippen LogP contribution in [-0.4, -0.2) is 41.0 Å². The fourth-order valence-electron chi connectivity index (χ4n) is 4.25. The first kappa shape index (κ1) is 20.9. The molecule has 1 aliphatic carbocycles. The molecular weight excluding hydrogens is 394 g/mol. The molecule has 7 heteroatoms. The number of benzene rings is 1. The van der Waals surface area contributed by atoms with E-state index in [0.29, 0.717) is 19.7 Å². The summed E-state index contributed by atoms with van der Waals surface area (Å²) in [4.78, 5) is 40.9. The minimum Gasteiger partial charge on any atom is -0.491 e. The molecular formula is C24H27N3O4. The third-order valence-electron chi connectivity index (χ3n) is 5.91. The lowest BCUT2D eigenvalue weighted by Gasteiger charge is -2.22. The number of hydrogen-bond acceptors (Lipinski definition) is 4. The van der Waals surface area contributed by atoms with E-state index in [2.05, 4.69) is 11.9 Å². The largest absolute Gasteiger partial charge is 0.491 e. The second-order valence-electron chi connectivity index (χ2n) is 7.98. The van der Waals surface area contributed by atoms with E-state index in [1.807, 2.05) is 28.8 Å². The molecule has 0 spiro atoms. The first-order chi connectivity index (χ1) is 15.1. The zero-order chi connectivity index (χ0) is 21.8. The summed E-state index contributed by atoms with van der Waals surface area (Å²) in [6.45, 7) is 4.91. The molecule has 2 heterocycles. The molecule has 0 radical (unpaired) electrons. The van der Waals surface area contributed by atoms with Gasteiger partial charge in [0, 0.05) is 37.1 Å². The van der Waals surface area contributed by atoms with Gasteiger partial charge in [-0.25, -0.2) is 0 Å². The molecule has 1 N–H and O–H groups in total. The molecule has 1 aromatic heterocycles. The Morgan fingerprint density at radius 1 is 1.16 bits per heavy atom. The Labute approximate surface area is 181 Å². The molecule has 2 amide bonds. The second kappa shape index (κ2) is 9.20. The SMILES string of the molecule is C=CCNC(=O)c1cn(C2CCCC2)cc(C(=O)N2CCOc3ccccc3C2)c1=O. The van der Waals surface area contributed by atoms with Gasteiger partial charge in [-0.2, -0.15) is 0 Å². The molecule has 1 fully saturated rings. The number of aromatic nitrogens is 1. The van der Waals surface area contributed by atoms with E-state index in [9.17, 15) is 14.4 Å². The lowest BCUT2D eigenvalue weighted by atomic mass is 10.1. The first-order valence-corrected chi connectivity index (χ1v) is 10.7. The van der Waals surface area contributed by atoms with Crippen molar-refractivity contribution in [1.82, 2.24) is 14.8 Å². The highest BCUT2D eigenvalue weighted by Gasteiger charge is 2.27. The van der Waals surface area contributed by atoms with E-state index < -0.39 is 11.3 Å². The van der Waals surface area contributed by atoms with Crippen molar-refractivity contribution in [3.05, 3.63) is 76.2 Å². The Bertz CT molecular complexity index is 1050. The number of hydrogen-bond donors (Lipinski definition) is 1. The van der Waals surface area contributed by atoms with Crippen LogP contribution in [0, 0.1) is 0 Å². The average Bonchev–Trinajstić information content (AvgIpc) is 3.23. The second-order valence-corrected chi connectivity index (χ2v) is 7.98. The van der Waals surface area contributed by atoms with Crippen LogP contribution in [-0.2, 0) is 6.54 Å². The van der Waals surface area contributed by atoms with Crippen molar-refractivity contribution < 1.29 is 14.3 Å². The van der Waals surface area contributed by atoms with E-state index in [1.54, 1.807) is 23.4 Å². The molecule has 1 saturated carbocycles. The Morgan fingerprint density at radius 2 is 1.90 bits per heavy atom. The molecule has 31 heavy (non-hydrogen) atoms. The maximum atomic E-state index is 13.4. The van der Waals surface area contributed by atoms with Gasteiger partial charge in [-0.05, 0) is 18.9 Å². The zero-order valence-corrected chi connectivity index (χ0v) is 17.5. The van der Waals surface area contributed by atoms with Gasteiger partial charge in [-0.3, -0.25) is 14.4 Å². The third-order valence-corrected chi connectivity index (χ3v) is 5.91. The van der Waals surface area contributed by atoms with E-state index in [0.717, 1.165) is 37.0 Å². The molecule has 4 rings (SSSR count). The van der Waals surface area contributed by atoms with E-state index in [1.165, 1.54) is 0 Å². The highest BCUT2D eigenvalue weighted by Crippen LogP contribution is 2.30. The molecule has 2 aromatic rings.